The summed E-state index contributed by atoms with van der Waals surface area (Å²) in [6, 6.07) is 13.1. The Balaban J connectivity index is 1.35. The monoisotopic (exact) mass is 492 g/mol. The van der Waals surface area contributed by atoms with Crippen molar-refractivity contribution in [3.8, 4) is 22.5 Å². The van der Waals surface area contributed by atoms with Crippen molar-refractivity contribution in [1.29, 1.82) is 0 Å². The highest BCUT2D eigenvalue weighted by Gasteiger charge is 2.23. The molecule has 1 aliphatic carbocycles. The van der Waals surface area contributed by atoms with E-state index in [-0.39, 0.29) is 18.5 Å². The molecule has 0 atom stereocenters. The van der Waals surface area contributed by atoms with Gasteiger partial charge in [0.05, 0.1) is 5.41 Å². The minimum atomic E-state index is -0.593. The summed E-state index contributed by atoms with van der Waals surface area (Å²) in [5.41, 5.74) is 2.51. The predicted octanol–water partition coefficient (Wildman–Crippen LogP) is 6.36. The zero-order valence-electron chi connectivity index (χ0n) is 21.6. The molecule has 0 radical (unpaired) electrons. The van der Waals surface area contributed by atoms with Gasteiger partial charge in [-0.15, -0.1) is 5.10 Å². The molecule has 1 heterocycles. The minimum absolute atomic E-state index is 0.0366. The average Bonchev–Trinajstić information content (AvgIpc) is 3.34. The van der Waals surface area contributed by atoms with Crippen LogP contribution in [0.4, 0.5) is 4.39 Å². The van der Waals surface area contributed by atoms with E-state index in [2.05, 4.69) is 21.5 Å². The maximum Gasteiger partial charge on any atom is 0.313 e. The Labute approximate surface area is 213 Å². The molecule has 6 nitrogen and oxygen atoms in total. The van der Waals surface area contributed by atoms with Gasteiger partial charge in [-0.25, -0.2) is 14.1 Å². The minimum Gasteiger partial charge on any atom is -0.442 e. The Kier molecular flexibility index (Phi) is 8.52. The molecular formula is C29H37FN4O2. The van der Waals surface area contributed by atoms with Crippen LogP contribution in [0.2, 0.25) is 0 Å². The van der Waals surface area contributed by atoms with Gasteiger partial charge in [0.15, 0.2) is 12.6 Å². The van der Waals surface area contributed by atoms with E-state index in [1.165, 1.54) is 55.6 Å². The van der Waals surface area contributed by atoms with Gasteiger partial charge in [0.2, 0.25) is 0 Å². The van der Waals surface area contributed by atoms with Gasteiger partial charge in [-0.1, -0.05) is 62.4 Å². The first-order valence-electron chi connectivity index (χ1n) is 13.0. The fourth-order valence-electron chi connectivity index (χ4n) is 4.58. The maximum absolute atomic E-state index is 15.1. The lowest BCUT2D eigenvalue weighted by Crippen LogP contribution is -2.24. The van der Waals surface area contributed by atoms with E-state index in [0.717, 1.165) is 30.1 Å². The Hall–Kier alpha value is -3.06. The summed E-state index contributed by atoms with van der Waals surface area (Å²) >= 11 is 0. The van der Waals surface area contributed by atoms with Gasteiger partial charge in [0.1, 0.15) is 12.1 Å². The first-order chi connectivity index (χ1) is 17.3. The molecule has 3 aromatic rings. The van der Waals surface area contributed by atoms with Crippen molar-refractivity contribution < 1.29 is 13.9 Å². The number of aromatic nitrogens is 3. The highest BCUT2D eigenvalue weighted by Crippen LogP contribution is 2.28. The quantitative estimate of drug-likeness (QED) is 0.278. The molecule has 0 saturated heterocycles. The van der Waals surface area contributed by atoms with Crippen LogP contribution >= 0.6 is 0 Å². The summed E-state index contributed by atoms with van der Waals surface area (Å²) in [5.74, 6) is 0.592. The van der Waals surface area contributed by atoms with E-state index in [1.807, 2.05) is 24.3 Å². The third-order valence-electron chi connectivity index (χ3n) is 6.73. The van der Waals surface area contributed by atoms with Crippen LogP contribution in [0.5, 0.6) is 0 Å². The summed E-state index contributed by atoms with van der Waals surface area (Å²) in [6.45, 7) is 7.13. The number of esters is 1. The summed E-state index contributed by atoms with van der Waals surface area (Å²) in [7, 11) is 0. The van der Waals surface area contributed by atoms with Gasteiger partial charge >= 0.3 is 5.97 Å². The molecular weight excluding hydrogens is 455 g/mol. The zero-order valence-corrected chi connectivity index (χ0v) is 21.6. The molecule has 0 unspecified atom stereocenters. The molecule has 4 rings (SSSR count). The molecule has 1 aromatic heterocycles. The van der Waals surface area contributed by atoms with Crippen LogP contribution in [0, 0.1) is 17.2 Å². The Morgan fingerprint density at radius 1 is 1.11 bits per heavy atom. The van der Waals surface area contributed by atoms with E-state index >= 15 is 4.39 Å². The molecule has 36 heavy (non-hydrogen) atoms. The third kappa shape index (κ3) is 7.00. The number of carbonyl (C=O) groups is 1. The van der Waals surface area contributed by atoms with Crippen molar-refractivity contribution in [2.24, 2.45) is 11.3 Å². The third-order valence-corrected chi connectivity index (χ3v) is 6.73. The number of benzene rings is 2. The van der Waals surface area contributed by atoms with Crippen LogP contribution in [-0.2, 0) is 22.8 Å². The second-order valence-electron chi connectivity index (χ2n) is 10.8. The van der Waals surface area contributed by atoms with Crippen molar-refractivity contribution in [2.75, 3.05) is 6.54 Å². The Morgan fingerprint density at radius 2 is 1.92 bits per heavy atom. The number of ether oxygens (including phenoxy) is 1. The standard InChI is InChI=1S/C29H37FN4O2/c1-29(2,3)28(35)36-20-34-19-32-27(33-34)24-12-13-25(26(30)17-24)23-11-7-10-22(16-23)18-31-15-14-21-8-5-4-6-9-21/h7,10-13,16-17,19,21,31H,4-6,8-9,14-15,18,20H2,1-3H3. The predicted molar refractivity (Wildman–Crippen MR) is 139 cm³/mol. The van der Waals surface area contributed by atoms with Crippen molar-refractivity contribution >= 4 is 5.97 Å². The number of hydrogen-bond acceptors (Lipinski definition) is 5. The van der Waals surface area contributed by atoms with E-state index in [4.69, 9.17) is 4.74 Å². The lowest BCUT2D eigenvalue weighted by atomic mass is 9.87. The van der Waals surface area contributed by atoms with Crippen LogP contribution < -0.4 is 5.32 Å². The number of hydrogen-bond donors (Lipinski definition) is 1. The smallest absolute Gasteiger partial charge is 0.313 e. The molecule has 1 saturated carbocycles. The largest absolute Gasteiger partial charge is 0.442 e. The van der Waals surface area contributed by atoms with Crippen LogP contribution in [0.25, 0.3) is 22.5 Å². The second-order valence-corrected chi connectivity index (χ2v) is 10.8. The Bertz CT molecular complexity index is 1160. The molecule has 1 N–H and O–H groups in total. The van der Waals surface area contributed by atoms with Gasteiger partial charge in [-0.2, -0.15) is 0 Å². The van der Waals surface area contributed by atoms with E-state index in [0.29, 0.717) is 17.0 Å². The number of nitrogens with zero attached hydrogens (tertiary/aromatic N) is 3. The highest BCUT2D eigenvalue weighted by molar-refractivity contribution is 5.75. The van der Waals surface area contributed by atoms with Crippen molar-refractivity contribution in [3.63, 3.8) is 0 Å². The van der Waals surface area contributed by atoms with Gasteiger partial charge in [-0.05, 0) is 62.9 Å². The zero-order chi connectivity index (χ0) is 25.5. The average molecular weight is 493 g/mol. The van der Waals surface area contributed by atoms with E-state index < -0.39 is 5.41 Å². The second kappa shape index (κ2) is 11.8. The number of carbonyl (C=O) groups excluding carboxylic acids is 1. The summed E-state index contributed by atoms with van der Waals surface area (Å²) < 4.78 is 21.8. The molecule has 0 amide bonds. The molecule has 1 fully saturated rings. The van der Waals surface area contributed by atoms with Crippen LogP contribution in [0.1, 0.15) is 64.9 Å². The molecule has 2 aromatic carbocycles. The topological polar surface area (TPSA) is 69.0 Å². The first kappa shape index (κ1) is 26.0. The molecule has 0 spiro atoms. The maximum atomic E-state index is 15.1. The number of nitrogens with one attached hydrogen (secondary N) is 1. The van der Waals surface area contributed by atoms with Crippen molar-refractivity contribution in [1.82, 2.24) is 20.1 Å². The fourth-order valence-corrected chi connectivity index (χ4v) is 4.58. The van der Waals surface area contributed by atoms with Crippen molar-refractivity contribution in [3.05, 3.63) is 60.2 Å². The summed E-state index contributed by atoms with van der Waals surface area (Å²) in [4.78, 5) is 16.2. The highest BCUT2D eigenvalue weighted by atomic mass is 19.1. The number of halogens is 1. The van der Waals surface area contributed by atoms with Gasteiger partial charge in [-0.3, -0.25) is 4.79 Å². The molecule has 7 heteroatoms. The first-order valence-corrected chi connectivity index (χ1v) is 13.0. The Morgan fingerprint density at radius 3 is 2.67 bits per heavy atom. The molecule has 1 aliphatic rings. The van der Waals surface area contributed by atoms with E-state index in [1.54, 1.807) is 26.8 Å². The molecule has 0 bridgehead atoms. The van der Waals surface area contributed by atoms with Crippen LogP contribution in [0.15, 0.2) is 48.8 Å². The normalized spacial score (nSPS) is 14.7. The van der Waals surface area contributed by atoms with Crippen LogP contribution in [-0.4, -0.2) is 27.3 Å². The van der Waals surface area contributed by atoms with E-state index in [9.17, 15) is 4.79 Å². The molecule has 192 valence electrons. The number of rotatable bonds is 9. The van der Waals surface area contributed by atoms with Gasteiger partial charge in [0, 0.05) is 17.7 Å². The lowest BCUT2D eigenvalue weighted by molar-refractivity contribution is -0.157. The fraction of sp³-hybridized carbons (Fsp3) is 0.483. The summed E-state index contributed by atoms with van der Waals surface area (Å²) in [5, 5.41) is 7.88. The molecule has 0 aliphatic heterocycles. The summed E-state index contributed by atoms with van der Waals surface area (Å²) in [6.07, 6.45) is 9.59. The lowest BCUT2D eigenvalue weighted by Gasteiger charge is -2.21. The van der Waals surface area contributed by atoms with Crippen LogP contribution in [0.3, 0.4) is 0 Å². The van der Waals surface area contributed by atoms with Gasteiger partial charge < -0.3 is 10.1 Å². The van der Waals surface area contributed by atoms with Gasteiger partial charge in [0.25, 0.3) is 0 Å². The van der Waals surface area contributed by atoms with Crippen molar-refractivity contribution in [2.45, 2.75) is 72.6 Å². The SMILES string of the molecule is CC(C)(C)C(=O)OCn1cnc(-c2ccc(-c3cccc(CNCCC4CCCCC4)c3)c(F)c2)n1.